The van der Waals surface area contributed by atoms with Crippen LogP contribution in [-0.4, -0.2) is 4.98 Å². The molecule has 0 aliphatic rings. The van der Waals surface area contributed by atoms with Crippen LogP contribution in [0, 0.1) is 28.9 Å². The lowest BCUT2D eigenvalue weighted by atomic mass is 9.98. The number of pyridine rings is 1. The van der Waals surface area contributed by atoms with Gasteiger partial charge in [-0.25, -0.2) is 13.8 Å². The molecular formula is C19H18BrF2N. The molecule has 0 amide bonds. The van der Waals surface area contributed by atoms with E-state index in [1.165, 1.54) is 12.1 Å². The van der Waals surface area contributed by atoms with Crippen LogP contribution in [0.25, 0.3) is 0 Å². The number of nitrogens with zero attached hydrogens (tertiary/aromatic N) is 1. The fraction of sp³-hybridized carbons (Fsp3) is 0.316. The largest absolute Gasteiger partial charge is 0.243 e. The van der Waals surface area contributed by atoms with Crippen molar-refractivity contribution in [3.63, 3.8) is 0 Å². The molecule has 0 aliphatic heterocycles. The summed E-state index contributed by atoms with van der Waals surface area (Å²) in [5, 5.41) is 0. The summed E-state index contributed by atoms with van der Waals surface area (Å²) in [7, 11) is 0. The van der Waals surface area contributed by atoms with Gasteiger partial charge in [0.1, 0.15) is 17.3 Å². The Morgan fingerprint density at radius 1 is 1.04 bits per heavy atom. The SMILES string of the molecule is CC(C)(C)C#Cc1ccc(Br)c(CCc2cc(F)cc(F)c2)n1. The summed E-state index contributed by atoms with van der Waals surface area (Å²) in [4.78, 5) is 4.53. The maximum Gasteiger partial charge on any atom is 0.126 e. The highest BCUT2D eigenvalue weighted by Crippen LogP contribution is 2.18. The predicted molar refractivity (Wildman–Crippen MR) is 92.0 cm³/mol. The molecule has 2 rings (SSSR count). The van der Waals surface area contributed by atoms with Crippen LogP contribution in [0.15, 0.2) is 34.8 Å². The van der Waals surface area contributed by atoms with Crippen molar-refractivity contribution in [3.8, 4) is 11.8 Å². The minimum atomic E-state index is -0.559. The third-order valence-electron chi connectivity index (χ3n) is 3.06. The van der Waals surface area contributed by atoms with Crippen LogP contribution in [0.3, 0.4) is 0 Å². The Kier molecular flexibility index (Phi) is 5.54. The van der Waals surface area contributed by atoms with E-state index in [2.05, 4.69) is 32.8 Å². The van der Waals surface area contributed by atoms with Crippen LogP contribution >= 0.6 is 15.9 Å². The van der Waals surface area contributed by atoms with Crippen LogP contribution in [-0.2, 0) is 12.8 Å². The minimum Gasteiger partial charge on any atom is -0.243 e. The van der Waals surface area contributed by atoms with E-state index >= 15 is 0 Å². The van der Waals surface area contributed by atoms with E-state index in [0.717, 1.165) is 16.2 Å². The van der Waals surface area contributed by atoms with Crippen LogP contribution < -0.4 is 0 Å². The summed E-state index contributed by atoms with van der Waals surface area (Å²) in [5.74, 6) is 5.10. The zero-order chi connectivity index (χ0) is 17.0. The topological polar surface area (TPSA) is 12.9 Å². The zero-order valence-electron chi connectivity index (χ0n) is 13.4. The molecule has 1 heterocycles. The molecule has 0 N–H and O–H groups in total. The number of halogens is 3. The van der Waals surface area contributed by atoms with Crippen molar-refractivity contribution in [2.75, 3.05) is 0 Å². The lowest BCUT2D eigenvalue weighted by Gasteiger charge is -2.08. The minimum absolute atomic E-state index is 0.0893. The first-order chi connectivity index (χ1) is 10.7. The highest BCUT2D eigenvalue weighted by molar-refractivity contribution is 9.10. The van der Waals surface area contributed by atoms with Crippen molar-refractivity contribution in [2.24, 2.45) is 5.41 Å². The lowest BCUT2D eigenvalue weighted by Crippen LogP contribution is -2.01. The van der Waals surface area contributed by atoms with Gasteiger partial charge in [-0.05, 0) is 85.3 Å². The molecule has 2 aromatic rings. The molecule has 0 saturated carbocycles. The molecule has 4 heteroatoms. The van der Waals surface area contributed by atoms with E-state index < -0.39 is 11.6 Å². The number of aromatic nitrogens is 1. The molecule has 23 heavy (non-hydrogen) atoms. The quantitative estimate of drug-likeness (QED) is 0.660. The summed E-state index contributed by atoms with van der Waals surface area (Å²) in [5.41, 5.74) is 2.05. The van der Waals surface area contributed by atoms with E-state index in [9.17, 15) is 8.78 Å². The fourth-order valence-electron chi connectivity index (χ4n) is 2.00. The van der Waals surface area contributed by atoms with Crippen LogP contribution in [0.2, 0.25) is 0 Å². The highest BCUT2D eigenvalue weighted by Gasteiger charge is 2.07. The molecule has 120 valence electrons. The lowest BCUT2D eigenvalue weighted by molar-refractivity contribution is 0.571. The molecule has 0 unspecified atom stereocenters. The molecule has 0 aliphatic carbocycles. The van der Waals surface area contributed by atoms with Crippen molar-refractivity contribution >= 4 is 15.9 Å². The van der Waals surface area contributed by atoms with Gasteiger partial charge in [-0.1, -0.05) is 5.92 Å². The number of benzene rings is 1. The molecule has 0 spiro atoms. The first-order valence-electron chi connectivity index (χ1n) is 7.36. The third-order valence-corrected chi connectivity index (χ3v) is 3.78. The van der Waals surface area contributed by atoms with Crippen LogP contribution in [0.4, 0.5) is 8.78 Å². The average Bonchev–Trinajstić information content (AvgIpc) is 2.43. The third kappa shape index (κ3) is 5.76. The van der Waals surface area contributed by atoms with Gasteiger partial charge >= 0.3 is 0 Å². The maximum atomic E-state index is 13.2. The molecule has 0 radical (unpaired) electrons. The molecule has 0 bridgehead atoms. The van der Waals surface area contributed by atoms with Gasteiger partial charge in [0.15, 0.2) is 0 Å². The van der Waals surface area contributed by atoms with Crippen molar-refractivity contribution in [1.82, 2.24) is 4.98 Å². The Morgan fingerprint density at radius 3 is 2.30 bits per heavy atom. The van der Waals surface area contributed by atoms with Gasteiger partial charge in [-0.15, -0.1) is 0 Å². The predicted octanol–water partition coefficient (Wildman–Crippen LogP) is 5.31. The van der Waals surface area contributed by atoms with Gasteiger partial charge in [-0.2, -0.15) is 0 Å². The van der Waals surface area contributed by atoms with Gasteiger partial charge < -0.3 is 0 Å². The van der Waals surface area contributed by atoms with Crippen LogP contribution in [0.1, 0.15) is 37.7 Å². The van der Waals surface area contributed by atoms with E-state index in [4.69, 9.17) is 0 Å². The number of aryl methyl sites for hydroxylation is 2. The average molecular weight is 378 g/mol. The first kappa shape index (κ1) is 17.6. The summed E-state index contributed by atoms with van der Waals surface area (Å²) in [6.07, 6.45) is 1.09. The van der Waals surface area contributed by atoms with Gasteiger partial charge in [0, 0.05) is 16.0 Å². The summed E-state index contributed by atoms with van der Waals surface area (Å²) >= 11 is 3.46. The number of hydrogen-bond acceptors (Lipinski definition) is 1. The van der Waals surface area contributed by atoms with Gasteiger partial charge in [0.25, 0.3) is 0 Å². The van der Waals surface area contributed by atoms with Crippen molar-refractivity contribution in [1.29, 1.82) is 0 Å². The Balaban J connectivity index is 2.17. The van der Waals surface area contributed by atoms with E-state index in [1.807, 2.05) is 32.9 Å². The van der Waals surface area contributed by atoms with Crippen molar-refractivity contribution < 1.29 is 8.78 Å². The van der Waals surface area contributed by atoms with E-state index in [-0.39, 0.29) is 5.41 Å². The number of rotatable bonds is 3. The number of hydrogen-bond donors (Lipinski definition) is 0. The highest BCUT2D eigenvalue weighted by atomic mass is 79.9. The summed E-state index contributed by atoms with van der Waals surface area (Å²) < 4.78 is 27.3. The monoisotopic (exact) mass is 377 g/mol. The molecular weight excluding hydrogens is 360 g/mol. The van der Waals surface area contributed by atoms with Crippen LogP contribution in [0.5, 0.6) is 0 Å². The second-order valence-corrected chi connectivity index (χ2v) is 7.26. The van der Waals surface area contributed by atoms with Gasteiger partial charge in [0.05, 0.1) is 5.69 Å². The Bertz CT molecular complexity index is 747. The molecule has 0 fully saturated rings. The second kappa shape index (κ2) is 7.23. The normalized spacial score (nSPS) is 11.0. The first-order valence-corrected chi connectivity index (χ1v) is 8.16. The molecule has 0 atom stereocenters. The fourth-order valence-corrected chi connectivity index (χ4v) is 2.42. The smallest absolute Gasteiger partial charge is 0.126 e. The Morgan fingerprint density at radius 2 is 1.70 bits per heavy atom. The summed E-state index contributed by atoms with van der Waals surface area (Å²) in [6, 6.07) is 7.33. The Labute approximate surface area is 144 Å². The Hall–Kier alpha value is -1.73. The van der Waals surface area contributed by atoms with Crippen molar-refractivity contribution in [3.05, 3.63) is 63.4 Å². The molecule has 1 aromatic heterocycles. The van der Waals surface area contributed by atoms with Gasteiger partial charge in [-0.3, -0.25) is 0 Å². The standard InChI is InChI=1S/C19H18BrF2N/c1-19(2,3)9-8-16-5-6-17(20)18(23-16)7-4-13-10-14(21)12-15(22)11-13/h5-6,10-12H,4,7H2,1-3H3. The molecule has 1 aromatic carbocycles. The summed E-state index contributed by atoms with van der Waals surface area (Å²) in [6.45, 7) is 6.12. The van der Waals surface area contributed by atoms with E-state index in [0.29, 0.717) is 24.1 Å². The van der Waals surface area contributed by atoms with Gasteiger partial charge in [0.2, 0.25) is 0 Å². The maximum absolute atomic E-state index is 13.2. The zero-order valence-corrected chi connectivity index (χ0v) is 15.0. The second-order valence-electron chi connectivity index (χ2n) is 6.40. The molecule has 0 saturated heterocycles. The van der Waals surface area contributed by atoms with E-state index in [1.54, 1.807) is 0 Å². The molecule has 1 nitrogen and oxygen atoms in total. The van der Waals surface area contributed by atoms with Crippen molar-refractivity contribution in [2.45, 2.75) is 33.6 Å².